The number of hydrogen-bond donors (Lipinski definition) is 3. The summed E-state index contributed by atoms with van der Waals surface area (Å²) in [5, 5.41) is 15.0. The van der Waals surface area contributed by atoms with Crippen molar-refractivity contribution in [3.63, 3.8) is 0 Å². The Labute approximate surface area is 206 Å². The third-order valence-electron chi connectivity index (χ3n) is 7.47. The fourth-order valence-electron chi connectivity index (χ4n) is 5.40. The molecule has 0 bridgehead atoms. The molecule has 0 heterocycles. The van der Waals surface area contributed by atoms with Gasteiger partial charge in [-0.15, -0.1) is 0 Å². The summed E-state index contributed by atoms with van der Waals surface area (Å²) in [6.07, 6.45) is 0.313. The molecule has 3 N–H and O–H groups in total. The first-order chi connectivity index (χ1) is 16.6. The highest BCUT2D eigenvalue weighted by Gasteiger charge is 2.43. The van der Waals surface area contributed by atoms with E-state index in [9.17, 15) is 14.4 Å². The van der Waals surface area contributed by atoms with E-state index in [1.54, 1.807) is 13.8 Å². The monoisotopic (exact) mass is 478 g/mol. The maximum absolute atomic E-state index is 13.1. The number of carbonyl (C=O) groups is 3. The number of aliphatic carboxylic acids is 1. The first-order valence-electron chi connectivity index (χ1n) is 12.2. The second-order valence-corrected chi connectivity index (χ2v) is 10.6. The minimum atomic E-state index is -0.909. The first kappa shape index (κ1) is 24.8. The van der Waals surface area contributed by atoms with Gasteiger partial charge in [0.2, 0.25) is 5.91 Å². The van der Waals surface area contributed by atoms with Gasteiger partial charge < -0.3 is 20.5 Å². The van der Waals surface area contributed by atoms with Crippen LogP contribution >= 0.6 is 0 Å². The van der Waals surface area contributed by atoms with Crippen molar-refractivity contribution in [2.75, 3.05) is 6.61 Å². The smallest absolute Gasteiger partial charge is 0.407 e. The largest absolute Gasteiger partial charge is 0.481 e. The molecule has 0 radical (unpaired) electrons. The number of rotatable bonds is 8. The van der Waals surface area contributed by atoms with Crippen molar-refractivity contribution in [3.05, 3.63) is 59.7 Å². The van der Waals surface area contributed by atoms with Crippen LogP contribution < -0.4 is 10.6 Å². The van der Waals surface area contributed by atoms with Crippen LogP contribution in [0.25, 0.3) is 11.1 Å². The van der Waals surface area contributed by atoms with Gasteiger partial charge in [0, 0.05) is 18.0 Å². The SMILES string of the molecule is CC(C)C(NC(=O)OCC1c2ccccc2-c2ccccc21)C(C)(C)C(=O)NC1CC(C(=O)O)C1. The highest BCUT2D eigenvalue weighted by Crippen LogP contribution is 2.44. The van der Waals surface area contributed by atoms with Gasteiger partial charge >= 0.3 is 12.1 Å². The fraction of sp³-hybridized carbons (Fsp3) is 0.464. The molecule has 0 aliphatic heterocycles. The van der Waals surface area contributed by atoms with Crippen LogP contribution in [0.15, 0.2) is 48.5 Å². The molecule has 2 aliphatic carbocycles. The molecule has 2 amide bonds. The molecule has 0 saturated heterocycles. The number of carboxylic acids is 1. The second kappa shape index (κ2) is 9.72. The Hall–Kier alpha value is -3.35. The summed E-state index contributed by atoms with van der Waals surface area (Å²) in [5.74, 6) is -1.49. The third kappa shape index (κ3) is 4.90. The van der Waals surface area contributed by atoms with Crippen molar-refractivity contribution >= 4 is 18.0 Å². The number of ether oxygens (including phenoxy) is 1. The van der Waals surface area contributed by atoms with Crippen LogP contribution in [0, 0.1) is 17.3 Å². The van der Waals surface area contributed by atoms with Crippen molar-refractivity contribution in [1.29, 1.82) is 0 Å². The molecule has 35 heavy (non-hydrogen) atoms. The molecule has 4 rings (SSSR count). The Bertz CT molecular complexity index is 1070. The molecule has 1 fully saturated rings. The summed E-state index contributed by atoms with van der Waals surface area (Å²) >= 11 is 0. The number of fused-ring (bicyclic) bond motifs is 3. The van der Waals surface area contributed by atoms with Gasteiger partial charge in [-0.1, -0.05) is 62.4 Å². The summed E-state index contributed by atoms with van der Waals surface area (Å²) in [6, 6.07) is 15.7. The summed E-state index contributed by atoms with van der Waals surface area (Å²) in [5.41, 5.74) is 3.70. The van der Waals surface area contributed by atoms with Crippen LogP contribution in [0.5, 0.6) is 0 Å². The number of alkyl carbamates (subject to hydrolysis) is 1. The highest BCUT2D eigenvalue weighted by molar-refractivity contribution is 5.84. The first-order valence-corrected chi connectivity index (χ1v) is 12.2. The Balaban J connectivity index is 1.39. The minimum absolute atomic E-state index is 0.0237. The molecular weight excluding hydrogens is 444 g/mol. The van der Waals surface area contributed by atoms with Crippen molar-refractivity contribution < 1.29 is 24.2 Å². The Morgan fingerprint density at radius 3 is 2.06 bits per heavy atom. The molecule has 0 aromatic heterocycles. The van der Waals surface area contributed by atoms with E-state index in [2.05, 4.69) is 34.9 Å². The predicted octanol–water partition coefficient (Wildman–Crippen LogP) is 4.56. The van der Waals surface area contributed by atoms with Crippen molar-refractivity contribution in [3.8, 4) is 11.1 Å². The minimum Gasteiger partial charge on any atom is -0.481 e. The normalized spacial score (nSPS) is 19.8. The molecule has 186 valence electrons. The molecule has 2 aliphatic rings. The quantitative estimate of drug-likeness (QED) is 0.516. The molecule has 7 nitrogen and oxygen atoms in total. The molecule has 2 aromatic rings. The summed E-state index contributed by atoms with van der Waals surface area (Å²) < 4.78 is 5.70. The fourth-order valence-corrected chi connectivity index (χ4v) is 5.40. The van der Waals surface area contributed by atoms with Crippen LogP contribution in [-0.4, -0.2) is 41.8 Å². The number of carbonyl (C=O) groups excluding carboxylic acids is 2. The van der Waals surface area contributed by atoms with Gasteiger partial charge in [-0.05, 0) is 54.9 Å². The van der Waals surface area contributed by atoms with Crippen LogP contribution in [0.1, 0.15) is 57.6 Å². The lowest BCUT2D eigenvalue weighted by molar-refractivity contribution is -0.147. The molecular formula is C28H34N2O5. The number of hydrogen-bond acceptors (Lipinski definition) is 4. The summed E-state index contributed by atoms with van der Waals surface area (Å²) in [4.78, 5) is 37.0. The van der Waals surface area contributed by atoms with E-state index in [0.717, 1.165) is 22.3 Å². The zero-order valence-corrected chi connectivity index (χ0v) is 20.7. The van der Waals surface area contributed by atoms with Crippen LogP contribution in [0.3, 0.4) is 0 Å². The topological polar surface area (TPSA) is 105 Å². The van der Waals surface area contributed by atoms with E-state index < -0.39 is 29.4 Å². The average molecular weight is 479 g/mol. The standard InChI is InChI=1S/C28H34N2O5/c1-16(2)24(28(3,4)26(33)29-18-13-17(14-18)25(31)32)30-27(34)35-15-23-21-11-7-5-9-19(21)20-10-6-8-12-22(20)23/h5-12,16-18,23-24H,13-15H2,1-4H3,(H,29,33)(H,30,34)(H,31,32). The summed E-state index contributed by atoms with van der Waals surface area (Å²) in [6.45, 7) is 7.70. The Kier molecular flexibility index (Phi) is 6.88. The lowest BCUT2D eigenvalue weighted by Gasteiger charge is -2.40. The van der Waals surface area contributed by atoms with E-state index in [1.807, 2.05) is 38.1 Å². The highest BCUT2D eigenvalue weighted by atomic mass is 16.5. The number of benzene rings is 2. The third-order valence-corrected chi connectivity index (χ3v) is 7.47. The second-order valence-electron chi connectivity index (χ2n) is 10.6. The van der Waals surface area contributed by atoms with E-state index in [-0.39, 0.29) is 30.4 Å². The molecule has 7 heteroatoms. The number of nitrogens with one attached hydrogen (secondary N) is 2. The molecule has 2 aromatic carbocycles. The van der Waals surface area contributed by atoms with Crippen LogP contribution in [-0.2, 0) is 14.3 Å². The predicted molar refractivity (Wildman–Crippen MR) is 133 cm³/mol. The lowest BCUT2D eigenvalue weighted by atomic mass is 9.75. The molecule has 0 spiro atoms. The van der Waals surface area contributed by atoms with Gasteiger partial charge in [0.05, 0.1) is 11.3 Å². The van der Waals surface area contributed by atoms with Crippen LogP contribution in [0.2, 0.25) is 0 Å². The van der Waals surface area contributed by atoms with Gasteiger partial charge in [-0.2, -0.15) is 0 Å². The zero-order chi connectivity index (χ0) is 25.3. The zero-order valence-electron chi connectivity index (χ0n) is 20.7. The molecule has 1 unspecified atom stereocenters. The van der Waals surface area contributed by atoms with E-state index in [1.165, 1.54) is 0 Å². The van der Waals surface area contributed by atoms with E-state index in [0.29, 0.717) is 12.8 Å². The lowest BCUT2D eigenvalue weighted by Crippen LogP contribution is -2.58. The Morgan fingerprint density at radius 1 is 1.00 bits per heavy atom. The van der Waals surface area contributed by atoms with E-state index in [4.69, 9.17) is 9.84 Å². The number of amides is 2. The van der Waals surface area contributed by atoms with Crippen molar-refractivity contribution in [2.45, 2.75) is 58.5 Å². The van der Waals surface area contributed by atoms with E-state index >= 15 is 0 Å². The van der Waals surface area contributed by atoms with Gasteiger partial charge in [-0.3, -0.25) is 9.59 Å². The molecule has 1 atom stereocenters. The van der Waals surface area contributed by atoms with Gasteiger partial charge in [-0.25, -0.2) is 4.79 Å². The number of carboxylic acid groups (broad SMARTS) is 1. The maximum Gasteiger partial charge on any atom is 0.407 e. The van der Waals surface area contributed by atoms with Gasteiger partial charge in [0.1, 0.15) is 6.61 Å². The molecule has 1 saturated carbocycles. The maximum atomic E-state index is 13.1. The van der Waals surface area contributed by atoms with Gasteiger partial charge in [0.15, 0.2) is 0 Å². The van der Waals surface area contributed by atoms with Crippen molar-refractivity contribution in [2.24, 2.45) is 17.3 Å². The Morgan fingerprint density at radius 2 is 1.54 bits per heavy atom. The average Bonchev–Trinajstić information content (AvgIpc) is 3.11. The summed E-state index contributed by atoms with van der Waals surface area (Å²) in [7, 11) is 0. The van der Waals surface area contributed by atoms with Crippen molar-refractivity contribution in [1.82, 2.24) is 10.6 Å². The van der Waals surface area contributed by atoms with Crippen LogP contribution in [0.4, 0.5) is 4.79 Å². The van der Waals surface area contributed by atoms with Gasteiger partial charge in [0.25, 0.3) is 0 Å².